The Bertz CT molecular complexity index is 377. The maximum absolute atomic E-state index is 11.4. The molecule has 17 heavy (non-hydrogen) atoms. The van der Waals surface area contributed by atoms with Crippen molar-refractivity contribution in [3.63, 3.8) is 0 Å². The number of ether oxygens (including phenoxy) is 1. The second kappa shape index (κ2) is 6.65. The second-order valence-corrected chi connectivity index (χ2v) is 3.61. The highest BCUT2D eigenvalue weighted by molar-refractivity contribution is 5.76. The maximum atomic E-state index is 11.4. The zero-order valence-electron chi connectivity index (χ0n) is 9.30. The third-order valence-electron chi connectivity index (χ3n) is 2.19. The van der Waals surface area contributed by atoms with Crippen molar-refractivity contribution in [2.45, 2.75) is 25.5 Å². The summed E-state index contributed by atoms with van der Waals surface area (Å²) in [6, 6.07) is 8.24. The molecule has 1 atom stereocenters. The molecule has 1 aromatic carbocycles. The van der Waals surface area contributed by atoms with Gasteiger partial charge in [0, 0.05) is 5.97 Å². The Morgan fingerprint density at radius 2 is 1.94 bits per heavy atom. The second-order valence-electron chi connectivity index (χ2n) is 3.61. The first-order chi connectivity index (χ1) is 8.09. The number of hydrogen-bond acceptors (Lipinski definition) is 5. The Morgan fingerprint density at radius 1 is 1.29 bits per heavy atom. The van der Waals surface area contributed by atoms with Gasteiger partial charge in [0.05, 0.1) is 0 Å². The number of aliphatic carboxylic acids is 1. The van der Waals surface area contributed by atoms with E-state index in [1.54, 1.807) is 0 Å². The number of benzene rings is 1. The lowest BCUT2D eigenvalue weighted by molar-refractivity contribution is -0.305. The highest BCUT2D eigenvalue weighted by Crippen LogP contribution is 2.03. The van der Waals surface area contributed by atoms with E-state index in [2.05, 4.69) is 0 Å². The molecular weight excluding hydrogens is 222 g/mol. The van der Waals surface area contributed by atoms with Crippen molar-refractivity contribution in [2.75, 3.05) is 0 Å². The fourth-order valence-electron chi connectivity index (χ4n) is 1.23. The Hall–Kier alpha value is -1.88. The molecule has 0 saturated heterocycles. The molecule has 0 aliphatic carbocycles. The Kier molecular flexibility index (Phi) is 5.16. The van der Waals surface area contributed by atoms with Gasteiger partial charge in [0.1, 0.15) is 12.6 Å². The molecule has 0 unspecified atom stereocenters. The van der Waals surface area contributed by atoms with Crippen LogP contribution in [0.15, 0.2) is 30.3 Å². The standard InChI is InChI=1S/C12H15NO4/c13-10(6-7-11(14)15)12(16)17-8-9-4-2-1-3-5-9/h1-5,10H,6-8,13H2,(H,14,15)/p-1/t10-/m0/s1. The van der Waals surface area contributed by atoms with Gasteiger partial charge in [0.25, 0.3) is 0 Å². The van der Waals surface area contributed by atoms with Crippen molar-refractivity contribution in [3.8, 4) is 0 Å². The van der Waals surface area contributed by atoms with Crippen molar-refractivity contribution in [2.24, 2.45) is 5.73 Å². The molecule has 0 spiro atoms. The summed E-state index contributed by atoms with van der Waals surface area (Å²) in [5.41, 5.74) is 6.32. The van der Waals surface area contributed by atoms with Crippen LogP contribution >= 0.6 is 0 Å². The van der Waals surface area contributed by atoms with Crippen LogP contribution in [0.5, 0.6) is 0 Å². The minimum atomic E-state index is -1.23. The lowest BCUT2D eigenvalue weighted by Crippen LogP contribution is -2.34. The zero-order chi connectivity index (χ0) is 12.7. The first kappa shape index (κ1) is 13.2. The van der Waals surface area contributed by atoms with Gasteiger partial charge in [-0.05, 0) is 18.4 Å². The summed E-state index contributed by atoms with van der Waals surface area (Å²) in [6.45, 7) is 0.138. The summed E-state index contributed by atoms with van der Waals surface area (Å²) < 4.78 is 4.94. The summed E-state index contributed by atoms with van der Waals surface area (Å²) in [4.78, 5) is 21.6. The number of carbonyl (C=O) groups excluding carboxylic acids is 2. The van der Waals surface area contributed by atoms with Crippen molar-refractivity contribution in [1.29, 1.82) is 0 Å². The molecule has 92 valence electrons. The number of rotatable bonds is 6. The predicted molar refractivity (Wildman–Crippen MR) is 58.5 cm³/mol. The average Bonchev–Trinajstić information content (AvgIpc) is 2.34. The lowest BCUT2D eigenvalue weighted by Gasteiger charge is -2.11. The fraction of sp³-hybridized carbons (Fsp3) is 0.333. The average molecular weight is 236 g/mol. The van der Waals surface area contributed by atoms with Crippen LogP contribution in [0.4, 0.5) is 0 Å². The first-order valence-corrected chi connectivity index (χ1v) is 5.25. The van der Waals surface area contributed by atoms with Crippen LogP contribution in [0.25, 0.3) is 0 Å². The van der Waals surface area contributed by atoms with E-state index in [1.807, 2.05) is 30.3 Å². The van der Waals surface area contributed by atoms with Crippen molar-refractivity contribution in [3.05, 3.63) is 35.9 Å². The minimum absolute atomic E-state index is 0.0238. The molecule has 5 heteroatoms. The van der Waals surface area contributed by atoms with E-state index in [1.165, 1.54) is 0 Å². The van der Waals surface area contributed by atoms with E-state index < -0.39 is 18.0 Å². The van der Waals surface area contributed by atoms with Crippen molar-refractivity contribution < 1.29 is 19.4 Å². The van der Waals surface area contributed by atoms with Crippen LogP contribution in [0.2, 0.25) is 0 Å². The fourth-order valence-corrected chi connectivity index (χ4v) is 1.23. The molecule has 0 aliphatic heterocycles. The third kappa shape index (κ3) is 5.12. The molecule has 0 amide bonds. The molecular formula is C12H14NO4-. The lowest BCUT2D eigenvalue weighted by atomic mass is 10.2. The monoisotopic (exact) mass is 236 g/mol. The van der Waals surface area contributed by atoms with Gasteiger partial charge in [-0.3, -0.25) is 4.79 Å². The quantitative estimate of drug-likeness (QED) is 0.677. The van der Waals surface area contributed by atoms with Gasteiger partial charge in [-0.15, -0.1) is 0 Å². The number of esters is 1. The maximum Gasteiger partial charge on any atom is 0.323 e. The Morgan fingerprint density at radius 3 is 2.53 bits per heavy atom. The van der Waals surface area contributed by atoms with Crippen LogP contribution in [-0.2, 0) is 20.9 Å². The van der Waals surface area contributed by atoms with E-state index >= 15 is 0 Å². The van der Waals surface area contributed by atoms with Gasteiger partial charge in [-0.25, -0.2) is 0 Å². The summed E-state index contributed by atoms with van der Waals surface area (Å²) in [6.07, 6.45) is -0.225. The molecule has 0 fully saturated rings. The predicted octanol–water partition coefficient (Wildman–Crippen LogP) is -0.413. The topological polar surface area (TPSA) is 92.5 Å². The van der Waals surface area contributed by atoms with Gasteiger partial charge in [-0.2, -0.15) is 0 Å². The third-order valence-corrected chi connectivity index (χ3v) is 2.19. The molecule has 1 aromatic rings. The van der Waals surface area contributed by atoms with E-state index in [0.29, 0.717) is 0 Å². The Balaban J connectivity index is 2.32. The van der Waals surface area contributed by atoms with Gasteiger partial charge < -0.3 is 20.4 Å². The van der Waals surface area contributed by atoms with Gasteiger partial charge in [0.2, 0.25) is 0 Å². The molecule has 0 aromatic heterocycles. The molecule has 5 nitrogen and oxygen atoms in total. The highest BCUT2D eigenvalue weighted by atomic mass is 16.5. The van der Waals surface area contributed by atoms with Crippen LogP contribution in [-0.4, -0.2) is 18.0 Å². The molecule has 2 N–H and O–H groups in total. The first-order valence-electron chi connectivity index (χ1n) is 5.25. The van der Waals surface area contributed by atoms with Crippen LogP contribution < -0.4 is 10.8 Å². The van der Waals surface area contributed by atoms with Crippen LogP contribution in [0, 0.1) is 0 Å². The number of carbonyl (C=O) groups is 2. The molecule has 0 heterocycles. The van der Waals surface area contributed by atoms with E-state index in [-0.39, 0.29) is 19.4 Å². The summed E-state index contributed by atoms with van der Waals surface area (Å²) in [5, 5.41) is 10.2. The number of hydrogen-bond donors (Lipinski definition) is 1. The Labute approximate surface area is 99.2 Å². The molecule has 0 aliphatic rings. The minimum Gasteiger partial charge on any atom is -0.550 e. The van der Waals surface area contributed by atoms with Crippen molar-refractivity contribution in [1.82, 2.24) is 0 Å². The number of carboxylic acid groups (broad SMARTS) is 1. The smallest absolute Gasteiger partial charge is 0.323 e. The van der Waals surface area contributed by atoms with Crippen molar-refractivity contribution >= 4 is 11.9 Å². The number of nitrogens with two attached hydrogens (primary N) is 1. The highest BCUT2D eigenvalue weighted by Gasteiger charge is 2.14. The molecule has 0 radical (unpaired) electrons. The SMILES string of the molecule is N[C@@H](CCC(=O)[O-])C(=O)OCc1ccccc1. The van der Waals surface area contributed by atoms with E-state index in [4.69, 9.17) is 10.5 Å². The van der Waals surface area contributed by atoms with E-state index in [0.717, 1.165) is 5.56 Å². The van der Waals surface area contributed by atoms with Crippen LogP contribution in [0.1, 0.15) is 18.4 Å². The van der Waals surface area contributed by atoms with Gasteiger partial charge in [-0.1, -0.05) is 30.3 Å². The summed E-state index contributed by atoms with van der Waals surface area (Å²) in [5.74, 6) is -1.83. The number of carboxylic acids is 1. The van der Waals surface area contributed by atoms with Crippen LogP contribution in [0.3, 0.4) is 0 Å². The largest absolute Gasteiger partial charge is 0.550 e. The summed E-state index contributed by atoms with van der Waals surface area (Å²) >= 11 is 0. The summed E-state index contributed by atoms with van der Waals surface area (Å²) in [7, 11) is 0. The van der Waals surface area contributed by atoms with Gasteiger partial charge >= 0.3 is 5.97 Å². The molecule has 0 bridgehead atoms. The van der Waals surface area contributed by atoms with Gasteiger partial charge in [0.15, 0.2) is 0 Å². The molecule has 0 saturated carbocycles. The normalized spacial score (nSPS) is 11.8. The zero-order valence-corrected chi connectivity index (χ0v) is 9.30. The molecule has 1 rings (SSSR count). The van der Waals surface area contributed by atoms with E-state index in [9.17, 15) is 14.7 Å².